The van der Waals surface area contributed by atoms with Crippen molar-refractivity contribution in [2.45, 2.75) is 27.2 Å². The van der Waals surface area contributed by atoms with Gasteiger partial charge in [-0.3, -0.25) is 4.79 Å². The number of hydrogen-bond acceptors (Lipinski definition) is 9. The predicted molar refractivity (Wildman–Crippen MR) is 149 cm³/mol. The first kappa shape index (κ1) is 27.5. The van der Waals surface area contributed by atoms with Gasteiger partial charge in [-0.2, -0.15) is 0 Å². The molecule has 3 heterocycles. The summed E-state index contributed by atoms with van der Waals surface area (Å²) in [5.74, 6) is -0.00235. The molecule has 1 fully saturated rings. The van der Waals surface area contributed by atoms with Gasteiger partial charge in [-0.25, -0.2) is 14.8 Å². The van der Waals surface area contributed by atoms with E-state index in [9.17, 15) is 9.59 Å². The second-order valence-corrected chi connectivity index (χ2v) is 10.1. The van der Waals surface area contributed by atoms with Crippen LogP contribution in [0.5, 0.6) is 5.88 Å². The Hall–Kier alpha value is -3.50. The third kappa shape index (κ3) is 6.68. The summed E-state index contributed by atoms with van der Waals surface area (Å²) in [7, 11) is 2.06. The number of amides is 1. The van der Waals surface area contributed by atoms with Crippen molar-refractivity contribution >= 4 is 34.0 Å². The minimum absolute atomic E-state index is 0.0156. The molecule has 0 saturated carbocycles. The summed E-state index contributed by atoms with van der Waals surface area (Å²) in [5, 5.41) is 2.49. The van der Waals surface area contributed by atoms with E-state index in [1.165, 1.54) is 11.3 Å². The topological polar surface area (TPSA) is 88.1 Å². The van der Waals surface area contributed by atoms with Crippen molar-refractivity contribution in [3.05, 3.63) is 53.2 Å². The van der Waals surface area contributed by atoms with Crippen LogP contribution in [-0.4, -0.2) is 84.6 Å². The Morgan fingerprint density at radius 1 is 1.08 bits per heavy atom. The molecule has 4 rings (SSSR count). The molecule has 1 aliphatic heterocycles. The molecular weight excluding hydrogens is 502 g/mol. The number of hydrogen-bond donors (Lipinski definition) is 0. The second kappa shape index (κ2) is 12.8. The van der Waals surface area contributed by atoms with Crippen LogP contribution in [0.3, 0.4) is 0 Å². The summed E-state index contributed by atoms with van der Waals surface area (Å²) in [6.07, 6.45) is 2.68. The van der Waals surface area contributed by atoms with Gasteiger partial charge in [0.15, 0.2) is 17.4 Å². The van der Waals surface area contributed by atoms with Crippen LogP contribution in [0.4, 0.5) is 10.8 Å². The fourth-order valence-corrected chi connectivity index (χ4v) is 5.06. The average Bonchev–Trinajstić information content (AvgIpc) is 3.42. The quantitative estimate of drug-likeness (QED) is 0.352. The maximum Gasteiger partial charge on any atom is 0.357 e. The molecule has 38 heavy (non-hydrogen) atoms. The second-order valence-electron chi connectivity index (χ2n) is 9.25. The number of ether oxygens (including phenoxy) is 2. The smallest absolute Gasteiger partial charge is 0.357 e. The number of piperazine rings is 1. The Kier molecular flexibility index (Phi) is 9.30. The lowest BCUT2D eigenvalue weighted by Crippen LogP contribution is -2.48. The maximum atomic E-state index is 12.5. The van der Waals surface area contributed by atoms with E-state index in [4.69, 9.17) is 9.47 Å². The zero-order chi connectivity index (χ0) is 27.1. The Morgan fingerprint density at radius 3 is 2.53 bits per heavy atom. The molecule has 10 heteroatoms. The Morgan fingerprint density at radius 2 is 1.84 bits per heavy atom. The highest BCUT2D eigenvalue weighted by molar-refractivity contribution is 7.14. The van der Waals surface area contributed by atoms with Gasteiger partial charge in [0, 0.05) is 61.6 Å². The van der Waals surface area contributed by atoms with E-state index in [0.29, 0.717) is 18.2 Å². The summed E-state index contributed by atoms with van der Waals surface area (Å²) >= 11 is 1.43. The lowest BCUT2D eigenvalue weighted by molar-refractivity contribution is -0.135. The predicted octanol–water partition coefficient (Wildman–Crippen LogP) is 4.39. The molecular formula is C28H35N5O4S. The van der Waals surface area contributed by atoms with Crippen LogP contribution in [0.2, 0.25) is 0 Å². The number of thiazole rings is 1. The van der Waals surface area contributed by atoms with Gasteiger partial charge < -0.3 is 24.2 Å². The fraction of sp³-hybridized carbons (Fsp3) is 0.429. The number of aryl methyl sites for hydroxylation is 1. The van der Waals surface area contributed by atoms with Crippen LogP contribution < -0.4 is 9.64 Å². The SMILES string of the molecule is CCCN(c1nc(C(=O)OCC)cs1)c1cc(-c2ccc(OCC(=O)N3CCN(C)CC3)nc2)ccc1C. The zero-order valence-corrected chi connectivity index (χ0v) is 23.3. The van der Waals surface area contributed by atoms with Crippen molar-refractivity contribution in [1.29, 1.82) is 0 Å². The first-order chi connectivity index (χ1) is 18.4. The molecule has 0 radical (unpaired) electrons. The van der Waals surface area contributed by atoms with Gasteiger partial charge in [0.25, 0.3) is 5.91 Å². The van der Waals surface area contributed by atoms with Gasteiger partial charge in [-0.15, -0.1) is 11.3 Å². The summed E-state index contributed by atoms with van der Waals surface area (Å²) in [6.45, 7) is 10.2. The number of anilines is 2. The number of rotatable bonds is 10. The van der Waals surface area contributed by atoms with Gasteiger partial charge >= 0.3 is 5.97 Å². The molecule has 0 spiro atoms. The van der Waals surface area contributed by atoms with E-state index in [2.05, 4.69) is 58.9 Å². The van der Waals surface area contributed by atoms with Crippen molar-refractivity contribution in [3.63, 3.8) is 0 Å². The van der Waals surface area contributed by atoms with E-state index in [1.54, 1.807) is 24.6 Å². The van der Waals surface area contributed by atoms with Crippen molar-refractivity contribution in [3.8, 4) is 17.0 Å². The number of nitrogens with zero attached hydrogens (tertiary/aromatic N) is 5. The molecule has 2 aromatic heterocycles. The monoisotopic (exact) mass is 537 g/mol. The van der Waals surface area contributed by atoms with Crippen molar-refractivity contribution in [2.24, 2.45) is 0 Å². The number of aromatic nitrogens is 2. The van der Waals surface area contributed by atoms with Crippen LogP contribution >= 0.6 is 11.3 Å². The standard InChI is InChI=1S/C28H35N5O4S/c1-5-11-33(28-30-23(19-38-28)27(35)36-6-2)24-16-21(8-7-20(24)3)22-9-10-25(29-17-22)37-18-26(34)32-14-12-31(4)13-15-32/h7-10,16-17,19H,5-6,11-15,18H2,1-4H3. The minimum atomic E-state index is -0.407. The Bertz CT molecular complexity index is 1240. The average molecular weight is 538 g/mol. The van der Waals surface area contributed by atoms with Crippen LogP contribution in [0.15, 0.2) is 41.9 Å². The van der Waals surface area contributed by atoms with Crippen LogP contribution in [0.1, 0.15) is 36.3 Å². The molecule has 0 aliphatic carbocycles. The van der Waals surface area contributed by atoms with E-state index >= 15 is 0 Å². The normalized spacial score (nSPS) is 13.8. The van der Waals surface area contributed by atoms with Gasteiger partial charge in [0.2, 0.25) is 5.88 Å². The summed E-state index contributed by atoms with van der Waals surface area (Å²) < 4.78 is 10.8. The van der Waals surface area contributed by atoms with Gasteiger partial charge in [0.1, 0.15) is 0 Å². The number of esters is 1. The largest absolute Gasteiger partial charge is 0.468 e. The number of carbonyl (C=O) groups excluding carboxylic acids is 2. The summed E-state index contributed by atoms with van der Waals surface area (Å²) in [6, 6.07) is 9.99. The van der Waals surface area contributed by atoms with Crippen molar-refractivity contribution in [1.82, 2.24) is 19.8 Å². The van der Waals surface area contributed by atoms with E-state index in [0.717, 1.165) is 66.7 Å². The van der Waals surface area contributed by atoms with Crippen LogP contribution in [0, 0.1) is 6.92 Å². The lowest BCUT2D eigenvalue weighted by Gasteiger charge is -2.32. The molecule has 1 amide bonds. The highest BCUT2D eigenvalue weighted by atomic mass is 32.1. The Labute approximate surface area is 228 Å². The molecule has 1 aliphatic rings. The van der Waals surface area contributed by atoms with Crippen LogP contribution in [-0.2, 0) is 9.53 Å². The molecule has 1 saturated heterocycles. The number of pyridine rings is 1. The van der Waals surface area contributed by atoms with Crippen molar-refractivity contribution < 1.29 is 19.1 Å². The Balaban J connectivity index is 1.47. The maximum absolute atomic E-state index is 12.5. The molecule has 1 aromatic carbocycles. The first-order valence-electron chi connectivity index (χ1n) is 13.0. The molecule has 0 N–H and O–H groups in total. The minimum Gasteiger partial charge on any atom is -0.468 e. The van der Waals surface area contributed by atoms with E-state index in [1.807, 2.05) is 11.0 Å². The lowest BCUT2D eigenvalue weighted by atomic mass is 10.0. The van der Waals surface area contributed by atoms with Gasteiger partial charge in [-0.05, 0) is 50.6 Å². The molecule has 0 unspecified atom stereocenters. The van der Waals surface area contributed by atoms with Crippen LogP contribution in [0.25, 0.3) is 11.1 Å². The summed E-state index contributed by atoms with van der Waals surface area (Å²) in [4.78, 5) is 39.8. The number of likely N-dealkylation sites (N-methyl/N-ethyl adjacent to an activating group) is 1. The molecule has 0 bridgehead atoms. The molecule has 9 nitrogen and oxygen atoms in total. The third-order valence-corrected chi connectivity index (χ3v) is 7.29. The number of carbonyl (C=O) groups is 2. The highest BCUT2D eigenvalue weighted by Crippen LogP contribution is 2.34. The molecule has 3 aromatic rings. The van der Waals surface area contributed by atoms with E-state index < -0.39 is 5.97 Å². The fourth-order valence-electron chi connectivity index (χ4n) is 4.23. The summed E-state index contributed by atoms with van der Waals surface area (Å²) in [5.41, 5.74) is 4.39. The zero-order valence-electron chi connectivity index (χ0n) is 22.5. The third-order valence-electron chi connectivity index (χ3n) is 6.42. The molecule has 202 valence electrons. The highest BCUT2D eigenvalue weighted by Gasteiger charge is 2.20. The van der Waals surface area contributed by atoms with Gasteiger partial charge in [-0.1, -0.05) is 19.1 Å². The van der Waals surface area contributed by atoms with E-state index in [-0.39, 0.29) is 12.5 Å². The van der Waals surface area contributed by atoms with Gasteiger partial charge in [0.05, 0.1) is 6.61 Å². The number of benzene rings is 1. The van der Waals surface area contributed by atoms with Crippen molar-refractivity contribution in [2.75, 3.05) is 57.9 Å². The first-order valence-corrected chi connectivity index (χ1v) is 13.8. The molecule has 0 atom stereocenters.